The van der Waals surface area contributed by atoms with Crippen LogP contribution in [0.1, 0.15) is 41.2 Å². The fraction of sp³-hybridized carbons (Fsp3) is 0.360. The van der Waals surface area contributed by atoms with Gasteiger partial charge in [0.2, 0.25) is 5.78 Å². The first-order valence-electron chi connectivity index (χ1n) is 11.3. The van der Waals surface area contributed by atoms with E-state index in [2.05, 4.69) is 41.2 Å². The van der Waals surface area contributed by atoms with Gasteiger partial charge in [0.15, 0.2) is 5.82 Å². The van der Waals surface area contributed by atoms with Crippen LogP contribution in [-0.4, -0.2) is 50.5 Å². The highest BCUT2D eigenvalue weighted by molar-refractivity contribution is 6.07. The van der Waals surface area contributed by atoms with Gasteiger partial charge in [0, 0.05) is 57.3 Å². The number of aryl methyl sites for hydroxylation is 1. The third-order valence-corrected chi connectivity index (χ3v) is 5.89. The van der Waals surface area contributed by atoms with Crippen molar-refractivity contribution in [2.75, 3.05) is 18.4 Å². The lowest BCUT2D eigenvalue weighted by Crippen LogP contribution is -2.44. The van der Waals surface area contributed by atoms with E-state index >= 15 is 0 Å². The minimum absolute atomic E-state index is 0.146. The molecule has 0 spiro atoms. The summed E-state index contributed by atoms with van der Waals surface area (Å²) in [4.78, 5) is 30.3. The summed E-state index contributed by atoms with van der Waals surface area (Å²) >= 11 is 0. The number of aromatic nitrogens is 2. The van der Waals surface area contributed by atoms with Gasteiger partial charge in [0.05, 0.1) is 17.1 Å². The molecule has 0 saturated carbocycles. The fourth-order valence-electron chi connectivity index (χ4n) is 4.32. The van der Waals surface area contributed by atoms with Crippen molar-refractivity contribution in [1.82, 2.24) is 14.5 Å². The number of hydrogen-bond donors (Lipinski definition) is 1. The minimum atomic E-state index is -0.481. The molecule has 2 aromatic carbocycles. The van der Waals surface area contributed by atoms with Gasteiger partial charge in [-0.25, -0.2) is 4.98 Å². The molecular formula is C25H29N5O4. The zero-order valence-corrected chi connectivity index (χ0v) is 19.6. The van der Waals surface area contributed by atoms with Crippen LogP contribution in [0, 0.1) is 10.1 Å². The maximum absolute atomic E-state index is 12.7. The quantitative estimate of drug-likeness (QED) is 0.308. The number of nitrogens with zero attached hydrogens (tertiary/aromatic N) is 4. The molecule has 1 aliphatic rings. The number of ketones is 1. The number of anilines is 1. The van der Waals surface area contributed by atoms with E-state index in [-0.39, 0.29) is 35.1 Å². The zero-order valence-electron chi connectivity index (χ0n) is 19.6. The highest BCUT2D eigenvalue weighted by Gasteiger charge is 2.22. The molecule has 1 N–H and O–H groups in total. The molecule has 0 bridgehead atoms. The Morgan fingerprint density at radius 2 is 1.82 bits per heavy atom. The number of carbonyl (C=O) groups excluding carboxylic acids is 1. The van der Waals surface area contributed by atoms with Crippen LogP contribution < -0.4 is 5.32 Å². The molecule has 34 heavy (non-hydrogen) atoms. The van der Waals surface area contributed by atoms with E-state index in [1.165, 1.54) is 17.8 Å². The van der Waals surface area contributed by atoms with E-state index in [1.54, 1.807) is 29.9 Å². The van der Waals surface area contributed by atoms with E-state index in [4.69, 9.17) is 4.74 Å². The molecule has 1 aromatic heterocycles. The van der Waals surface area contributed by atoms with Gasteiger partial charge in [-0.1, -0.05) is 24.3 Å². The Bertz CT molecular complexity index is 1160. The predicted octanol–water partition coefficient (Wildman–Crippen LogP) is 3.78. The molecule has 0 amide bonds. The van der Waals surface area contributed by atoms with Gasteiger partial charge in [0.25, 0.3) is 5.69 Å². The second-order valence-corrected chi connectivity index (χ2v) is 8.80. The SMILES string of the molecule is CC1CN(Cc2ccc(CNc3ccc(C(=O)c4nccn4C)cc3[N+](=O)[O-])cc2)CC(C)O1. The minimum Gasteiger partial charge on any atom is -0.375 e. The molecular weight excluding hydrogens is 434 g/mol. The highest BCUT2D eigenvalue weighted by Crippen LogP contribution is 2.27. The Hall–Kier alpha value is -3.56. The number of nitro benzene ring substituents is 1. The summed E-state index contributed by atoms with van der Waals surface area (Å²) in [7, 11) is 1.71. The van der Waals surface area contributed by atoms with Crippen LogP contribution in [0.4, 0.5) is 11.4 Å². The van der Waals surface area contributed by atoms with Crippen molar-refractivity contribution in [3.63, 3.8) is 0 Å². The average Bonchev–Trinajstić information content (AvgIpc) is 3.23. The second kappa shape index (κ2) is 10.1. The monoisotopic (exact) mass is 463 g/mol. The average molecular weight is 464 g/mol. The third-order valence-electron chi connectivity index (χ3n) is 5.89. The van der Waals surface area contributed by atoms with Crippen molar-refractivity contribution in [3.05, 3.63) is 87.5 Å². The van der Waals surface area contributed by atoms with E-state index < -0.39 is 4.92 Å². The maximum Gasteiger partial charge on any atom is 0.293 e. The first-order valence-corrected chi connectivity index (χ1v) is 11.3. The molecule has 1 fully saturated rings. The first kappa shape index (κ1) is 23.6. The summed E-state index contributed by atoms with van der Waals surface area (Å²) in [6.45, 7) is 7.31. The number of ether oxygens (including phenoxy) is 1. The molecule has 1 saturated heterocycles. The summed E-state index contributed by atoms with van der Waals surface area (Å²) in [5, 5.41) is 14.8. The Kier molecular flexibility index (Phi) is 7.04. The molecule has 0 radical (unpaired) electrons. The molecule has 4 rings (SSSR count). The first-order chi connectivity index (χ1) is 16.3. The molecule has 2 atom stereocenters. The highest BCUT2D eigenvalue weighted by atomic mass is 16.6. The summed E-state index contributed by atoms with van der Waals surface area (Å²) in [5.41, 5.74) is 2.67. The van der Waals surface area contributed by atoms with Crippen molar-refractivity contribution in [3.8, 4) is 0 Å². The summed E-state index contributed by atoms with van der Waals surface area (Å²) in [6, 6.07) is 12.7. The lowest BCUT2D eigenvalue weighted by Gasteiger charge is -2.35. The van der Waals surface area contributed by atoms with Crippen LogP contribution in [0.2, 0.25) is 0 Å². The molecule has 1 aliphatic heterocycles. The fourth-order valence-corrected chi connectivity index (χ4v) is 4.32. The molecule has 2 heterocycles. The van der Waals surface area contributed by atoms with Gasteiger partial charge >= 0.3 is 0 Å². The normalized spacial score (nSPS) is 18.6. The van der Waals surface area contributed by atoms with Gasteiger partial charge in [-0.3, -0.25) is 19.8 Å². The van der Waals surface area contributed by atoms with Gasteiger partial charge in [-0.15, -0.1) is 0 Å². The van der Waals surface area contributed by atoms with Crippen LogP contribution in [0.25, 0.3) is 0 Å². The molecule has 2 unspecified atom stereocenters. The zero-order chi connectivity index (χ0) is 24.2. The van der Waals surface area contributed by atoms with Crippen molar-refractivity contribution < 1.29 is 14.5 Å². The van der Waals surface area contributed by atoms with E-state index in [0.29, 0.717) is 12.2 Å². The maximum atomic E-state index is 12.7. The Balaban J connectivity index is 1.41. The van der Waals surface area contributed by atoms with Crippen LogP contribution in [0.5, 0.6) is 0 Å². The van der Waals surface area contributed by atoms with Crippen LogP contribution in [-0.2, 0) is 24.9 Å². The molecule has 9 heteroatoms. The topological polar surface area (TPSA) is 103 Å². The Morgan fingerprint density at radius 1 is 1.15 bits per heavy atom. The number of morpholine rings is 1. The molecule has 3 aromatic rings. The number of imidazole rings is 1. The number of nitrogens with one attached hydrogen (secondary N) is 1. The second-order valence-electron chi connectivity index (χ2n) is 8.80. The van der Waals surface area contributed by atoms with Crippen LogP contribution in [0.3, 0.4) is 0 Å². The largest absolute Gasteiger partial charge is 0.375 e. The Labute approximate surface area is 198 Å². The smallest absolute Gasteiger partial charge is 0.293 e. The molecule has 0 aliphatic carbocycles. The number of nitro groups is 1. The lowest BCUT2D eigenvalue weighted by atomic mass is 10.1. The summed E-state index contributed by atoms with van der Waals surface area (Å²) < 4.78 is 7.38. The van der Waals surface area contributed by atoms with Crippen molar-refractivity contribution in [1.29, 1.82) is 0 Å². The number of carbonyl (C=O) groups is 1. The van der Waals surface area contributed by atoms with Gasteiger partial charge in [0.1, 0.15) is 5.69 Å². The molecule has 178 valence electrons. The lowest BCUT2D eigenvalue weighted by molar-refractivity contribution is -0.384. The number of rotatable bonds is 8. The van der Waals surface area contributed by atoms with Gasteiger partial charge in [-0.2, -0.15) is 0 Å². The van der Waals surface area contributed by atoms with E-state index in [9.17, 15) is 14.9 Å². The number of benzene rings is 2. The summed E-state index contributed by atoms with van der Waals surface area (Å²) in [6.07, 6.45) is 3.64. The van der Waals surface area contributed by atoms with Crippen LogP contribution >= 0.6 is 0 Å². The van der Waals surface area contributed by atoms with Gasteiger partial charge < -0.3 is 14.6 Å². The predicted molar refractivity (Wildman–Crippen MR) is 129 cm³/mol. The third kappa shape index (κ3) is 5.49. The van der Waals surface area contributed by atoms with Crippen molar-refractivity contribution in [2.24, 2.45) is 7.05 Å². The number of hydrogen-bond acceptors (Lipinski definition) is 7. The van der Waals surface area contributed by atoms with E-state index in [1.807, 2.05) is 12.1 Å². The van der Waals surface area contributed by atoms with Crippen LogP contribution in [0.15, 0.2) is 54.9 Å². The standard InChI is InChI=1S/C25H29N5O4/c1-17-14-29(15-18(2)34-17)16-20-6-4-19(5-7-20)13-27-22-9-8-21(12-23(22)30(32)33)24(31)25-26-10-11-28(25)3/h4-12,17-18,27H,13-16H2,1-3H3. The van der Waals surface area contributed by atoms with Gasteiger partial charge in [-0.05, 0) is 37.1 Å². The van der Waals surface area contributed by atoms with Crippen molar-refractivity contribution in [2.45, 2.75) is 39.1 Å². The molecule has 9 nitrogen and oxygen atoms in total. The Morgan fingerprint density at radius 3 is 2.44 bits per heavy atom. The summed E-state index contributed by atoms with van der Waals surface area (Å²) in [5.74, 6) is -0.127. The van der Waals surface area contributed by atoms with E-state index in [0.717, 1.165) is 25.2 Å². The van der Waals surface area contributed by atoms with Crippen molar-refractivity contribution >= 4 is 17.2 Å².